The van der Waals surface area contributed by atoms with Gasteiger partial charge >= 0.3 is 5.97 Å². The lowest BCUT2D eigenvalue weighted by molar-refractivity contribution is -0.143. The maximum Gasteiger partial charge on any atom is 0.305 e. The highest BCUT2D eigenvalue weighted by atomic mass is 16.5. The van der Waals surface area contributed by atoms with E-state index >= 15 is 0 Å². The lowest BCUT2D eigenvalue weighted by atomic mass is 10.0. The third kappa shape index (κ3) is 61.7. The minimum atomic E-state index is -0.665. The predicted octanol–water partition coefficient (Wildman–Crippen LogP) is 22.0. The summed E-state index contributed by atoms with van der Waals surface area (Å²) < 4.78 is 5.47. The summed E-state index contributed by atoms with van der Waals surface area (Å²) in [7, 11) is 0. The average molecular weight is 1060 g/mol. The molecule has 1 amide bonds. The molecule has 6 heteroatoms. The Morgan fingerprint density at radius 3 is 0.947 bits per heavy atom. The van der Waals surface area contributed by atoms with Crippen LogP contribution in [0.25, 0.3) is 0 Å². The monoisotopic (exact) mass is 1060 g/mol. The minimum Gasteiger partial charge on any atom is -0.466 e. The second-order valence-corrected chi connectivity index (χ2v) is 23.9. The molecule has 0 bridgehead atoms. The smallest absolute Gasteiger partial charge is 0.305 e. The number of aliphatic hydroxyl groups excluding tert-OH is 2. The van der Waals surface area contributed by atoms with Gasteiger partial charge in [0, 0.05) is 12.8 Å². The van der Waals surface area contributed by atoms with E-state index < -0.39 is 12.1 Å². The molecule has 2 unspecified atom stereocenters. The topological polar surface area (TPSA) is 95.9 Å². The first kappa shape index (κ1) is 73.6. The van der Waals surface area contributed by atoms with Crippen molar-refractivity contribution in [3.63, 3.8) is 0 Å². The summed E-state index contributed by atoms with van der Waals surface area (Å²) in [6, 6.07) is -0.542. The van der Waals surface area contributed by atoms with Crippen LogP contribution in [0.2, 0.25) is 0 Å². The van der Waals surface area contributed by atoms with E-state index in [2.05, 4.69) is 31.3 Å². The van der Waals surface area contributed by atoms with Crippen LogP contribution < -0.4 is 5.32 Å². The highest BCUT2D eigenvalue weighted by molar-refractivity contribution is 5.76. The first-order chi connectivity index (χ1) is 37.0. The Labute approximate surface area is 469 Å². The molecule has 0 aliphatic rings. The Bertz CT molecular complexity index is 1130. The molecule has 0 radical (unpaired) electrons. The Morgan fingerprint density at radius 2 is 0.627 bits per heavy atom. The van der Waals surface area contributed by atoms with Crippen molar-refractivity contribution in [3.05, 3.63) is 12.2 Å². The van der Waals surface area contributed by atoms with E-state index in [4.69, 9.17) is 4.74 Å². The molecule has 0 rings (SSSR count). The van der Waals surface area contributed by atoms with Gasteiger partial charge in [0.15, 0.2) is 0 Å². The van der Waals surface area contributed by atoms with Crippen LogP contribution >= 0.6 is 0 Å². The molecule has 0 spiro atoms. The number of allylic oxidation sites excluding steroid dienone is 2. The van der Waals surface area contributed by atoms with Crippen LogP contribution in [0.5, 0.6) is 0 Å². The fourth-order valence-corrected chi connectivity index (χ4v) is 11.1. The molecule has 0 saturated heterocycles. The molecule has 0 saturated carbocycles. The van der Waals surface area contributed by atoms with Crippen molar-refractivity contribution in [1.82, 2.24) is 5.32 Å². The number of carbonyl (C=O) groups excluding carboxylic acids is 2. The average Bonchev–Trinajstić information content (AvgIpc) is 3.41. The lowest BCUT2D eigenvalue weighted by Crippen LogP contribution is -2.45. The van der Waals surface area contributed by atoms with Crippen LogP contribution in [-0.2, 0) is 14.3 Å². The molecule has 0 aliphatic heterocycles. The van der Waals surface area contributed by atoms with Crippen LogP contribution in [0.3, 0.4) is 0 Å². The quantitative estimate of drug-likeness (QED) is 0.0320. The summed E-state index contributed by atoms with van der Waals surface area (Å²) in [6.45, 7) is 4.99. The van der Waals surface area contributed by atoms with Gasteiger partial charge in [-0.15, -0.1) is 0 Å². The van der Waals surface area contributed by atoms with Crippen molar-refractivity contribution in [1.29, 1.82) is 0 Å². The number of carbonyl (C=O) groups is 2. The van der Waals surface area contributed by atoms with E-state index in [-0.39, 0.29) is 18.5 Å². The summed E-state index contributed by atoms with van der Waals surface area (Å²) in [6.07, 6.45) is 79.7. The molecule has 0 fully saturated rings. The predicted molar refractivity (Wildman–Crippen MR) is 329 cm³/mol. The van der Waals surface area contributed by atoms with Crippen LogP contribution in [-0.4, -0.2) is 47.4 Å². The van der Waals surface area contributed by atoms with Gasteiger partial charge < -0.3 is 20.3 Å². The third-order valence-corrected chi connectivity index (χ3v) is 16.3. The van der Waals surface area contributed by atoms with Crippen LogP contribution in [0.15, 0.2) is 12.2 Å². The van der Waals surface area contributed by atoms with E-state index in [1.807, 2.05) is 0 Å². The Kier molecular flexibility index (Phi) is 63.9. The zero-order chi connectivity index (χ0) is 54.3. The maximum absolute atomic E-state index is 12.5. The van der Waals surface area contributed by atoms with E-state index in [0.29, 0.717) is 25.9 Å². The van der Waals surface area contributed by atoms with Crippen LogP contribution in [0.1, 0.15) is 393 Å². The Hall–Kier alpha value is -1.40. The molecular formula is C69H135NO5. The van der Waals surface area contributed by atoms with Gasteiger partial charge in [0.1, 0.15) is 0 Å². The number of esters is 1. The van der Waals surface area contributed by atoms with Crippen molar-refractivity contribution >= 4 is 11.9 Å². The van der Waals surface area contributed by atoms with Gasteiger partial charge in [-0.3, -0.25) is 9.59 Å². The van der Waals surface area contributed by atoms with Gasteiger partial charge in [-0.25, -0.2) is 0 Å². The Balaban J connectivity index is 3.38. The fourth-order valence-electron chi connectivity index (χ4n) is 11.1. The van der Waals surface area contributed by atoms with Gasteiger partial charge in [0.25, 0.3) is 0 Å². The second kappa shape index (κ2) is 65.1. The number of ether oxygens (including phenoxy) is 1. The Morgan fingerprint density at radius 1 is 0.360 bits per heavy atom. The van der Waals surface area contributed by atoms with Crippen molar-refractivity contribution in [3.8, 4) is 0 Å². The summed E-state index contributed by atoms with van der Waals surface area (Å²) in [5, 5.41) is 23.4. The van der Waals surface area contributed by atoms with Gasteiger partial charge in [0.05, 0.1) is 25.4 Å². The molecule has 0 aromatic carbocycles. The lowest BCUT2D eigenvalue weighted by Gasteiger charge is -2.22. The molecule has 0 aromatic heterocycles. The van der Waals surface area contributed by atoms with E-state index in [0.717, 1.165) is 38.5 Å². The largest absolute Gasteiger partial charge is 0.466 e. The van der Waals surface area contributed by atoms with E-state index in [1.54, 1.807) is 0 Å². The molecule has 0 aliphatic carbocycles. The van der Waals surface area contributed by atoms with Crippen molar-refractivity contribution < 1.29 is 24.5 Å². The second-order valence-electron chi connectivity index (χ2n) is 23.9. The summed E-state index contributed by atoms with van der Waals surface area (Å²) >= 11 is 0. The molecule has 446 valence electrons. The highest BCUT2D eigenvalue weighted by Crippen LogP contribution is 2.19. The molecule has 6 nitrogen and oxygen atoms in total. The SMILES string of the molecule is CCCCCCCCCCCCCCCCCCCCCCC(O)C(CO)NC(=O)CCCCCCCCCCCCC/C=C\CCCCCCCCCCCCCCOC(=O)CCCCCCCCCCCCC. The number of aliphatic hydroxyl groups is 2. The van der Waals surface area contributed by atoms with Crippen molar-refractivity contribution in [2.75, 3.05) is 13.2 Å². The first-order valence-corrected chi connectivity index (χ1v) is 34.4. The maximum atomic E-state index is 12.5. The zero-order valence-corrected chi connectivity index (χ0v) is 51.1. The summed E-state index contributed by atoms with van der Waals surface area (Å²) in [4.78, 5) is 24.5. The van der Waals surface area contributed by atoms with Gasteiger partial charge in [-0.05, 0) is 51.4 Å². The summed E-state index contributed by atoms with van der Waals surface area (Å²) in [5.41, 5.74) is 0. The minimum absolute atomic E-state index is 0.0157. The normalized spacial score (nSPS) is 12.5. The van der Waals surface area contributed by atoms with Crippen molar-refractivity contribution in [2.45, 2.75) is 405 Å². The highest BCUT2D eigenvalue weighted by Gasteiger charge is 2.20. The summed E-state index contributed by atoms with van der Waals surface area (Å²) in [5.74, 6) is -0.0156. The van der Waals surface area contributed by atoms with E-state index in [1.165, 1.54) is 321 Å². The van der Waals surface area contributed by atoms with E-state index in [9.17, 15) is 19.8 Å². The fraction of sp³-hybridized carbons (Fsp3) is 0.942. The molecule has 75 heavy (non-hydrogen) atoms. The molecule has 0 heterocycles. The number of amides is 1. The standard InChI is InChI=1S/C69H135NO5/c1-3-5-7-9-11-13-15-16-17-18-19-29-32-35-38-42-45-49-53-57-61-67(72)66(65-71)70-68(73)62-58-54-50-46-43-39-36-33-30-27-25-23-21-20-22-24-26-28-31-34-37-40-44-48-52-56-60-64-75-69(74)63-59-55-51-47-41-14-12-10-8-6-4-2/h20-21,66-67,71-72H,3-19,22-65H2,1-2H3,(H,70,73)/b21-20-. The molecule has 2 atom stereocenters. The van der Waals surface area contributed by atoms with Gasteiger partial charge in [0.2, 0.25) is 5.91 Å². The first-order valence-electron chi connectivity index (χ1n) is 34.4. The number of rotatable bonds is 65. The molecule has 0 aromatic rings. The number of hydrogen-bond donors (Lipinski definition) is 3. The van der Waals surface area contributed by atoms with Gasteiger partial charge in [-0.1, -0.05) is 341 Å². The molecule has 3 N–H and O–H groups in total. The number of nitrogens with one attached hydrogen (secondary N) is 1. The zero-order valence-electron chi connectivity index (χ0n) is 51.1. The number of unbranched alkanes of at least 4 members (excludes halogenated alkanes) is 52. The third-order valence-electron chi connectivity index (χ3n) is 16.3. The molecular weight excluding hydrogens is 923 g/mol. The van der Waals surface area contributed by atoms with Crippen molar-refractivity contribution in [2.24, 2.45) is 0 Å². The number of hydrogen-bond acceptors (Lipinski definition) is 5. The van der Waals surface area contributed by atoms with Crippen LogP contribution in [0.4, 0.5) is 0 Å². The van der Waals surface area contributed by atoms with Crippen LogP contribution in [0, 0.1) is 0 Å². The van der Waals surface area contributed by atoms with Gasteiger partial charge in [-0.2, -0.15) is 0 Å².